The summed E-state index contributed by atoms with van der Waals surface area (Å²) >= 11 is 0. The Bertz CT molecular complexity index is 1100. The number of hydrogen-bond acceptors (Lipinski definition) is 6. The van der Waals surface area contributed by atoms with Crippen LogP contribution in [-0.4, -0.2) is 50.4 Å². The van der Waals surface area contributed by atoms with E-state index in [1.165, 1.54) is 5.56 Å². The molecule has 2 aliphatic heterocycles. The van der Waals surface area contributed by atoms with Crippen molar-refractivity contribution in [3.05, 3.63) is 77.3 Å². The van der Waals surface area contributed by atoms with Gasteiger partial charge in [0.25, 0.3) is 5.91 Å². The van der Waals surface area contributed by atoms with Crippen LogP contribution < -0.4 is 4.90 Å². The summed E-state index contributed by atoms with van der Waals surface area (Å²) in [5.74, 6) is 1.85. The number of anilines is 1. The number of piperidine rings is 1. The van der Waals surface area contributed by atoms with Crippen molar-refractivity contribution < 1.29 is 4.79 Å². The van der Waals surface area contributed by atoms with Gasteiger partial charge in [-0.05, 0) is 63.3 Å². The number of aryl methyl sites for hydroxylation is 1. The number of rotatable bonds is 5. The molecule has 0 unspecified atom stereocenters. The van der Waals surface area contributed by atoms with E-state index in [1.807, 2.05) is 23.2 Å². The minimum atomic E-state index is -0.0945. The molecule has 0 radical (unpaired) electrons. The lowest BCUT2D eigenvalue weighted by Gasteiger charge is -2.36. The van der Waals surface area contributed by atoms with Crippen LogP contribution in [0.3, 0.4) is 0 Å². The Balaban J connectivity index is 1.43. The van der Waals surface area contributed by atoms with Crippen molar-refractivity contribution in [1.82, 2.24) is 24.8 Å². The standard InChI is InChI=1S/C26H30N6O/c1-19-22-8-6-16-31(18-12-21-7-2-4-13-28-21)25(22)30-24(29-19)23-9-3-5-17-32(23)26(33)20-10-14-27-15-11-20/h2,4,7,10-11,13-15,23H,3,5-6,8-9,12,16-18H2,1H3/t23-/m0/s1. The van der Waals surface area contributed by atoms with Gasteiger partial charge in [0.2, 0.25) is 0 Å². The van der Waals surface area contributed by atoms with Crippen LogP contribution in [-0.2, 0) is 12.8 Å². The molecule has 1 atom stereocenters. The zero-order valence-electron chi connectivity index (χ0n) is 19.2. The van der Waals surface area contributed by atoms with E-state index >= 15 is 0 Å². The fourth-order valence-corrected chi connectivity index (χ4v) is 4.97. The fraction of sp³-hybridized carbons (Fsp3) is 0.423. The van der Waals surface area contributed by atoms with E-state index in [0.717, 1.165) is 81.2 Å². The summed E-state index contributed by atoms with van der Waals surface area (Å²) in [5.41, 5.74) is 4.05. The number of hydrogen-bond donors (Lipinski definition) is 0. The molecule has 0 bridgehead atoms. The van der Waals surface area contributed by atoms with Crippen LogP contribution in [0.2, 0.25) is 0 Å². The number of likely N-dealkylation sites (tertiary alicyclic amines) is 1. The molecule has 0 saturated carbocycles. The smallest absolute Gasteiger partial charge is 0.254 e. The van der Waals surface area contributed by atoms with Gasteiger partial charge in [0.1, 0.15) is 5.82 Å². The number of carbonyl (C=O) groups excluding carboxylic acids is 1. The molecule has 170 valence electrons. The minimum absolute atomic E-state index is 0.0353. The van der Waals surface area contributed by atoms with Crippen LogP contribution in [0.25, 0.3) is 0 Å². The molecular formula is C26H30N6O. The number of carbonyl (C=O) groups is 1. The molecule has 5 heterocycles. The first-order chi connectivity index (χ1) is 16.2. The van der Waals surface area contributed by atoms with Crippen molar-refractivity contribution in [3.8, 4) is 0 Å². The minimum Gasteiger partial charge on any atom is -0.356 e. The summed E-state index contributed by atoms with van der Waals surface area (Å²) < 4.78 is 0. The maximum absolute atomic E-state index is 13.3. The highest BCUT2D eigenvalue weighted by Gasteiger charge is 2.32. The first-order valence-corrected chi connectivity index (χ1v) is 11.9. The maximum atomic E-state index is 13.3. The predicted molar refractivity (Wildman–Crippen MR) is 127 cm³/mol. The third kappa shape index (κ3) is 4.58. The topological polar surface area (TPSA) is 75.1 Å². The molecule has 1 saturated heterocycles. The van der Waals surface area contributed by atoms with Gasteiger partial charge in [-0.3, -0.25) is 14.8 Å². The van der Waals surface area contributed by atoms with Gasteiger partial charge in [-0.2, -0.15) is 0 Å². The molecule has 0 spiro atoms. The third-order valence-electron chi connectivity index (χ3n) is 6.72. The summed E-state index contributed by atoms with van der Waals surface area (Å²) in [7, 11) is 0. The zero-order chi connectivity index (χ0) is 22.6. The van der Waals surface area contributed by atoms with E-state index in [1.54, 1.807) is 24.5 Å². The number of amides is 1. The van der Waals surface area contributed by atoms with E-state index in [2.05, 4.69) is 27.9 Å². The monoisotopic (exact) mass is 442 g/mol. The second kappa shape index (κ2) is 9.65. The Morgan fingerprint density at radius 2 is 1.91 bits per heavy atom. The highest BCUT2D eigenvalue weighted by atomic mass is 16.2. The molecule has 2 aliphatic rings. The van der Waals surface area contributed by atoms with Crippen molar-refractivity contribution in [2.75, 3.05) is 24.5 Å². The highest BCUT2D eigenvalue weighted by Crippen LogP contribution is 2.34. The molecule has 7 nitrogen and oxygen atoms in total. The molecule has 3 aromatic heterocycles. The number of nitrogens with zero attached hydrogens (tertiary/aromatic N) is 6. The second-order valence-corrected chi connectivity index (χ2v) is 8.88. The van der Waals surface area contributed by atoms with E-state index in [0.29, 0.717) is 5.56 Å². The van der Waals surface area contributed by atoms with Crippen LogP contribution in [0.4, 0.5) is 5.82 Å². The average molecular weight is 443 g/mol. The summed E-state index contributed by atoms with van der Waals surface area (Å²) in [6.45, 7) is 4.68. The Kier molecular flexibility index (Phi) is 6.28. The van der Waals surface area contributed by atoms with Crippen molar-refractivity contribution in [2.24, 2.45) is 0 Å². The summed E-state index contributed by atoms with van der Waals surface area (Å²) in [4.78, 5) is 36.2. The van der Waals surface area contributed by atoms with Crippen molar-refractivity contribution >= 4 is 11.7 Å². The molecule has 33 heavy (non-hydrogen) atoms. The molecule has 1 fully saturated rings. The molecule has 1 amide bonds. The molecule has 7 heteroatoms. The lowest BCUT2D eigenvalue weighted by atomic mass is 9.98. The predicted octanol–water partition coefficient (Wildman–Crippen LogP) is 3.94. The molecule has 5 rings (SSSR count). The van der Waals surface area contributed by atoms with Gasteiger partial charge in [-0.15, -0.1) is 0 Å². The van der Waals surface area contributed by atoms with Crippen LogP contribution in [0.5, 0.6) is 0 Å². The molecule has 0 N–H and O–H groups in total. The Hall–Kier alpha value is -3.35. The van der Waals surface area contributed by atoms with Crippen LogP contribution in [0.15, 0.2) is 48.9 Å². The largest absolute Gasteiger partial charge is 0.356 e. The third-order valence-corrected chi connectivity index (χ3v) is 6.72. The van der Waals surface area contributed by atoms with E-state index in [4.69, 9.17) is 9.97 Å². The molecule has 0 aliphatic carbocycles. The summed E-state index contributed by atoms with van der Waals surface area (Å²) in [6.07, 6.45) is 11.2. The highest BCUT2D eigenvalue weighted by molar-refractivity contribution is 5.94. The number of pyridine rings is 2. The summed E-state index contributed by atoms with van der Waals surface area (Å²) in [6, 6.07) is 9.54. The van der Waals surface area contributed by atoms with Crippen molar-refractivity contribution in [3.63, 3.8) is 0 Å². The van der Waals surface area contributed by atoms with Gasteiger partial charge < -0.3 is 9.80 Å². The second-order valence-electron chi connectivity index (χ2n) is 8.88. The van der Waals surface area contributed by atoms with E-state index < -0.39 is 0 Å². The maximum Gasteiger partial charge on any atom is 0.254 e. The van der Waals surface area contributed by atoms with Crippen molar-refractivity contribution in [2.45, 2.75) is 51.5 Å². The Labute approximate surface area is 194 Å². The van der Waals surface area contributed by atoms with E-state index in [-0.39, 0.29) is 11.9 Å². The SMILES string of the molecule is Cc1nc([C@@H]2CCCCN2C(=O)c2ccncc2)nc2c1CCCN2CCc1ccccn1. The zero-order valence-corrected chi connectivity index (χ0v) is 19.2. The fourth-order valence-electron chi connectivity index (χ4n) is 4.97. The normalized spacial score (nSPS) is 18.2. The molecule has 3 aromatic rings. The van der Waals surface area contributed by atoms with Crippen LogP contribution in [0, 0.1) is 6.92 Å². The van der Waals surface area contributed by atoms with Crippen molar-refractivity contribution in [1.29, 1.82) is 0 Å². The van der Waals surface area contributed by atoms with E-state index in [9.17, 15) is 4.79 Å². The van der Waals surface area contributed by atoms with Gasteiger partial charge in [-0.25, -0.2) is 9.97 Å². The first-order valence-electron chi connectivity index (χ1n) is 11.9. The Morgan fingerprint density at radius 3 is 2.73 bits per heavy atom. The lowest BCUT2D eigenvalue weighted by Crippen LogP contribution is -2.40. The first kappa shape index (κ1) is 21.5. The van der Waals surface area contributed by atoms with Gasteiger partial charge in [-0.1, -0.05) is 6.07 Å². The van der Waals surface area contributed by atoms with Gasteiger partial charge in [0.05, 0.1) is 6.04 Å². The number of aromatic nitrogens is 4. The van der Waals surface area contributed by atoms with Gasteiger partial charge >= 0.3 is 0 Å². The van der Waals surface area contributed by atoms with Crippen LogP contribution >= 0.6 is 0 Å². The van der Waals surface area contributed by atoms with Crippen LogP contribution in [0.1, 0.15) is 64.9 Å². The van der Waals surface area contributed by atoms with Gasteiger partial charge in [0.15, 0.2) is 5.82 Å². The average Bonchev–Trinajstić information content (AvgIpc) is 2.88. The quantitative estimate of drug-likeness (QED) is 0.596. The molecule has 0 aromatic carbocycles. The molecular weight excluding hydrogens is 412 g/mol. The van der Waals surface area contributed by atoms with Gasteiger partial charge in [0, 0.05) is 67.2 Å². The summed E-state index contributed by atoms with van der Waals surface area (Å²) in [5, 5.41) is 0. The number of fused-ring (bicyclic) bond motifs is 1. The Morgan fingerprint density at radius 1 is 1.03 bits per heavy atom. The lowest BCUT2D eigenvalue weighted by molar-refractivity contribution is 0.0599.